The molecule has 0 aliphatic carbocycles. The first kappa shape index (κ1) is 21.0. The van der Waals surface area contributed by atoms with E-state index in [-0.39, 0.29) is 17.4 Å². The van der Waals surface area contributed by atoms with Gasteiger partial charge in [0.15, 0.2) is 23.2 Å². The molecule has 0 saturated carbocycles. The summed E-state index contributed by atoms with van der Waals surface area (Å²) in [6.45, 7) is 6.56. The third kappa shape index (κ3) is 4.52. The Labute approximate surface area is 159 Å². The molecule has 2 amide bonds. The van der Waals surface area contributed by atoms with Crippen molar-refractivity contribution in [1.82, 2.24) is 4.90 Å². The Hall–Kier alpha value is -2.29. The van der Waals surface area contributed by atoms with Crippen molar-refractivity contribution < 1.29 is 27.6 Å². The number of halogens is 3. The topological polar surface area (TPSA) is 66.5 Å². The van der Waals surface area contributed by atoms with Gasteiger partial charge in [0, 0.05) is 11.5 Å². The number of anilines is 1. The van der Waals surface area contributed by atoms with E-state index in [0.29, 0.717) is 11.1 Å². The molecule has 146 valence electrons. The molecule has 1 aromatic carbocycles. The fourth-order valence-corrected chi connectivity index (χ4v) is 3.22. The zero-order valence-corrected chi connectivity index (χ0v) is 16.0. The summed E-state index contributed by atoms with van der Waals surface area (Å²) in [5, 5.41) is 2.46. The van der Waals surface area contributed by atoms with Crippen LogP contribution in [0.15, 0.2) is 23.2 Å². The van der Waals surface area contributed by atoms with Crippen LogP contribution in [0, 0.1) is 22.9 Å². The van der Waals surface area contributed by atoms with Crippen LogP contribution in [0.1, 0.15) is 27.7 Å². The summed E-state index contributed by atoms with van der Waals surface area (Å²) >= 11 is 1.12. The minimum absolute atomic E-state index is 0.0560. The summed E-state index contributed by atoms with van der Waals surface area (Å²) in [5.41, 5.74) is -1.20. The van der Waals surface area contributed by atoms with Crippen molar-refractivity contribution in [3.8, 4) is 0 Å². The first-order valence-corrected chi connectivity index (χ1v) is 9.07. The number of hydrogen-bond donors (Lipinski definition) is 1. The van der Waals surface area contributed by atoms with Gasteiger partial charge in [-0.05, 0) is 19.1 Å². The van der Waals surface area contributed by atoms with Gasteiger partial charge in [-0.25, -0.2) is 13.2 Å². The zero-order valence-electron chi connectivity index (χ0n) is 15.2. The lowest BCUT2D eigenvalue weighted by atomic mass is 9.91. The molecule has 1 aliphatic heterocycles. The molecule has 1 atom stereocenters. The normalized spacial score (nSPS) is 17.4. The molecule has 1 saturated heterocycles. The Bertz CT molecular complexity index is 834. The number of benzene rings is 1. The Morgan fingerprint density at radius 2 is 1.85 bits per heavy atom. The predicted octanol–water partition coefficient (Wildman–Crippen LogP) is 3.46. The van der Waals surface area contributed by atoms with Crippen molar-refractivity contribution in [2.24, 2.45) is 5.41 Å². The number of nitrogens with zero attached hydrogens (tertiary/aromatic N) is 1. The Morgan fingerprint density at radius 1 is 1.22 bits per heavy atom. The van der Waals surface area contributed by atoms with E-state index in [4.69, 9.17) is 0 Å². The number of nitrogens with one attached hydrogen (secondary N) is 1. The van der Waals surface area contributed by atoms with E-state index in [1.807, 2.05) is 0 Å². The highest BCUT2D eigenvalue weighted by Crippen LogP contribution is 2.32. The van der Waals surface area contributed by atoms with Gasteiger partial charge in [0.25, 0.3) is 0 Å². The molecule has 9 heteroatoms. The molecule has 0 unspecified atom stereocenters. The summed E-state index contributed by atoms with van der Waals surface area (Å²) in [6.07, 6.45) is 1.30. The molecule has 1 heterocycles. The van der Waals surface area contributed by atoms with E-state index in [0.717, 1.165) is 22.7 Å². The van der Waals surface area contributed by atoms with E-state index < -0.39 is 40.5 Å². The maximum Gasteiger partial charge on any atom is 0.247 e. The third-order valence-electron chi connectivity index (χ3n) is 3.90. The van der Waals surface area contributed by atoms with Gasteiger partial charge in [0.2, 0.25) is 11.8 Å². The molecule has 0 spiro atoms. The fourth-order valence-electron chi connectivity index (χ4n) is 2.22. The van der Waals surface area contributed by atoms with E-state index >= 15 is 0 Å². The van der Waals surface area contributed by atoms with Crippen molar-refractivity contribution in [3.05, 3.63) is 40.7 Å². The first-order valence-electron chi connectivity index (χ1n) is 8.09. The van der Waals surface area contributed by atoms with Crippen LogP contribution in [0.4, 0.5) is 18.9 Å². The summed E-state index contributed by atoms with van der Waals surface area (Å²) < 4.78 is 40.1. The second kappa shape index (κ2) is 7.75. The van der Waals surface area contributed by atoms with Gasteiger partial charge in [-0.3, -0.25) is 19.3 Å². The number of rotatable bonds is 4. The Kier molecular flexibility index (Phi) is 6.04. The lowest BCUT2D eigenvalue weighted by molar-refractivity contribution is -0.132. The van der Waals surface area contributed by atoms with Gasteiger partial charge in [0.1, 0.15) is 6.04 Å². The highest BCUT2D eigenvalue weighted by molar-refractivity contribution is 8.04. The van der Waals surface area contributed by atoms with Crippen LogP contribution >= 0.6 is 11.8 Å². The lowest BCUT2D eigenvalue weighted by Crippen LogP contribution is -2.42. The molecule has 1 fully saturated rings. The third-order valence-corrected chi connectivity index (χ3v) is 4.90. The number of hydrogen-bond acceptors (Lipinski definition) is 4. The largest absolute Gasteiger partial charge is 0.322 e. The summed E-state index contributed by atoms with van der Waals surface area (Å²) in [7, 11) is 0. The highest BCUT2D eigenvalue weighted by Gasteiger charge is 2.36. The van der Waals surface area contributed by atoms with Crippen molar-refractivity contribution in [3.63, 3.8) is 0 Å². The molecule has 0 radical (unpaired) electrons. The number of ketones is 1. The van der Waals surface area contributed by atoms with E-state index in [2.05, 4.69) is 5.32 Å². The molecular formula is C18H19F3N2O3S. The number of carbonyl (C=O) groups excluding carboxylic acids is 3. The minimum Gasteiger partial charge on any atom is -0.322 e. The van der Waals surface area contributed by atoms with E-state index in [1.54, 1.807) is 20.8 Å². The number of carbonyl (C=O) groups is 3. The molecule has 1 aromatic rings. The van der Waals surface area contributed by atoms with Crippen LogP contribution in [-0.2, 0) is 14.4 Å². The van der Waals surface area contributed by atoms with Crippen LogP contribution in [0.5, 0.6) is 0 Å². The van der Waals surface area contributed by atoms with Gasteiger partial charge in [0.05, 0.1) is 16.5 Å². The smallest absolute Gasteiger partial charge is 0.247 e. The van der Waals surface area contributed by atoms with Crippen LogP contribution < -0.4 is 5.32 Å². The average molecular weight is 400 g/mol. The van der Waals surface area contributed by atoms with Crippen molar-refractivity contribution in [1.29, 1.82) is 0 Å². The van der Waals surface area contributed by atoms with Crippen molar-refractivity contribution in [2.45, 2.75) is 33.7 Å². The molecule has 1 aliphatic rings. The quantitative estimate of drug-likeness (QED) is 0.621. The average Bonchev–Trinajstić information content (AvgIpc) is 2.94. The highest BCUT2D eigenvalue weighted by atomic mass is 32.2. The Balaban J connectivity index is 2.24. The van der Waals surface area contributed by atoms with Crippen molar-refractivity contribution >= 4 is 35.0 Å². The molecule has 27 heavy (non-hydrogen) atoms. The van der Waals surface area contributed by atoms with Gasteiger partial charge in [-0.1, -0.05) is 32.5 Å². The molecule has 2 rings (SSSR count). The zero-order chi connectivity index (χ0) is 20.5. The van der Waals surface area contributed by atoms with Gasteiger partial charge >= 0.3 is 0 Å². The van der Waals surface area contributed by atoms with Gasteiger partial charge in [-0.2, -0.15) is 0 Å². The molecular weight excluding hydrogens is 381 g/mol. The first-order chi connectivity index (χ1) is 12.4. The van der Waals surface area contributed by atoms with Gasteiger partial charge < -0.3 is 5.32 Å². The molecule has 0 aromatic heterocycles. The lowest BCUT2D eigenvalue weighted by Gasteiger charge is -2.25. The summed E-state index contributed by atoms with van der Waals surface area (Å²) in [5.74, 6) is -5.97. The van der Waals surface area contributed by atoms with Gasteiger partial charge in [-0.15, -0.1) is 0 Å². The second-order valence-corrected chi connectivity index (χ2v) is 8.03. The maximum absolute atomic E-state index is 13.7. The SMILES string of the molecule is C[C@@H](C(=O)Nc1ccc(F)c(F)c1F)N1C(=O)CS/C1=C\C(=O)C(C)(C)C. The molecule has 5 nitrogen and oxygen atoms in total. The minimum atomic E-state index is -1.70. The Morgan fingerprint density at radius 3 is 2.44 bits per heavy atom. The summed E-state index contributed by atoms with van der Waals surface area (Å²) in [6, 6.07) is 0.487. The maximum atomic E-state index is 13.7. The predicted molar refractivity (Wildman–Crippen MR) is 96.3 cm³/mol. The number of thioether (sulfide) groups is 1. The summed E-state index contributed by atoms with van der Waals surface area (Å²) in [4.78, 5) is 37.9. The van der Waals surface area contributed by atoms with E-state index in [9.17, 15) is 27.6 Å². The van der Waals surface area contributed by atoms with Crippen molar-refractivity contribution in [2.75, 3.05) is 11.1 Å². The van der Waals surface area contributed by atoms with Crippen LogP contribution in [-0.4, -0.2) is 34.3 Å². The van der Waals surface area contributed by atoms with Crippen LogP contribution in [0.3, 0.4) is 0 Å². The monoisotopic (exact) mass is 400 g/mol. The van der Waals surface area contributed by atoms with Crippen LogP contribution in [0.25, 0.3) is 0 Å². The van der Waals surface area contributed by atoms with Crippen LogP contribution in [0.2, 0.25) is 0 Å². The standard InChI is InChI=1S/C18H19F3N2O3S/c1-9(17(26)22-11-6-5-10(19)15(20)16(11)21)23-13(25)8-27-14(23)7-12(24)18(2,3)4/h5-7,9H,8H2,1-4H3,(H,22,26)/b14-7-/t9-/m0/s1. The van der Waals surface area contributed by atoms with E-state index in [1.165, 1.54) is 13.0 Å². The second-order valence-electron chi connectivity index (χ2n) is 7.04. The fraction of sp³-hybridized carbons (Fsp3) is 0.389. The molecule has 1 N–H and O–H groups in total. The number of allylic oxidation sites excluding steroid dienone is 1. The number of amides is 2. The molecule has 0 bridgehead atoms.